The Bertz CT molecular complexity index is 209. The summed E-state index contributed by atoms with van der Waals surface area (Å²) in [6.07, 6.45) is 2.71. The van der Waals surface area contributed by atoms with E-state index in [-0.39, 0.29) is 11.7 Å². The molecule has 0 heterocycles. The zero-order valence-corrected chi connectivity index (χ0v) is 7.17. The summed E-state index contributed by atoms with van der Waals surface area (Å²) in [4.78, 5) is 22.0. The normalized spacial score (nSPS) is 11.4. The Morgan fingerprint density at radius 2 is 2.08 bits per heavy atom. The lowest BCUT2D eigenvalue weighted by molar-refractivity contribution is -0.130. The zero-order chi connectivity index (χ0) is 9.56. The zero-order valence-electron chi connectivity index (χ0n) is 7.17. The Morgan fingerprint density at radius 3 is 2.50 bits per heavy atom. The third kappa shape index (κ3) is 3.14. The van der Waals surface area contributed by atoms with Gasteiger partial charge in [0.1, 0.15) is 0 Å². The van der Waals surface area contributed by atoms with Crippen molar-refractivity contribution in [3.63, 3.8) is 0 Å². The number of carbonyl (C=O) groups excluding carboxylic acids is 2. The smallest absolute Gasteiger partial charge is 0.230 e. The quantitative estimate of drug-likeness (QED) is 0.372. The van der Waals surface area contributed by atoms with Crippen LogP contribution in [0.2, 0.25) is 0 Å². The molecular weight excluding hydrogens is 154 g/mol. The van der Waals surface area contributed by atoms with Gasteiger partial charge in [0.2, 0.25) is 5.91 Å². The minimum Gasteiger partial charge on any atom is -0.352 e. The summed E-state index contributed by atoms with van der Waals surface area (Å²) < 4.78 is 0. The fourth-order valence-electron chi connectivity index (χ4n) is 0.632. The Hall–Kier alpha value is -1.38. The fraction of sp³-hybridized carbons (Fsp3) is 0.333. The van der Waals surface area contributed by atoms with Crippen molar-refractivity contribution in [2.75, 3.05) is 6.54 Å². The summed E-state index contributed by atoms with van der Waals surface area (Å²) in [5, 5.41) is 2.52. The fourth-order valence-corrected chi connectivity index (χ4v) is 0.632. The van der Waals surface area contributed by atoms with Crippen LogP contribution in [0.3, 0.4) is 0 Å². The average Bonchev–Trinajstić information content (AvgIpc) is 2.11. The Labute approximate surface area is 72.2 Å². The van der Waals surface area contributed by atoms with Crippen molar-refractivity contribution in [1.82, 2.24) is 5.32 Å². The van der Waals surface area contributed by atoms with Crippen molar-refractivity contribution in [1.29, 1.82) is 0 Å². The number of carbonyl (C=O) groups is 2. The van der Waals surface area contributed by atoms with Crippen molar-refractivity contribution in [3.05, 3.63) is 25.3 Å². The van der Waals surface area contributed by atoms with E-state index in [0.717, 1.165) is 6.08 Å². The maximum absolute atomic E-state index is 11.1. The second-order valence-corrected chi connectivity index (χ2v) is 2.36. The monoisotopic (exact) mass is 167 g/mol. The van der Waals surface area contributed by atoms with E-state index in [1.165, 1.54) is 0 Å². The first-order valence-electron chi connectivity index (χ1n) is 3.68. The summed E-state index contributed by atoms with van der Waals surface area (Å²) in [7, 11) is 0. The van der Waals surface area contributed by atoms with Crippen LogP contribution >= 0.6 is 0 Å². The van der Waals surface area contributed by atoms with Crippen molar-refractivity contribution in [2.45, 2.75) is 6.92 Å². The molecule has 1 atom stereocenters. The molecule has 0 aliphatic carbocycles. The largest absolute Gasteiger partial charge is 0.352 e. The van der Waals surface area contributed by atoms with Crippen molar-refractivity contribution in [2.24, 2.45) is 5.92 Å². The molecule has 0 aromatic rings. The first-order valence-corrected chi connectivity index (χ1v) is 3.68. The first-order chi connectivity index (χ1) is 5.63. The Kier molecular flexibility index (Phi) is 4.69. The van der Waals surface area contributed by atoms with E-state index in [2.05, 4.69) is 18.5 Å². The van der Waals surface area contributed by atoms with Gasteiger partial charge < -0.3 is 5.32 Å². The topological polar surface area (TPSA) is 46.2 Å². The summed E-state index contributed by atoms with van der Waals surface area (Å²) in [5.74, 6) is -1.21. The maximum atomic E-state index is 11.1. The van der Waals surface area contributed by atoms with Crippen molar-refractivity contribution >= 4 is 11.7 Å². The van der Waals surface area contributed by atoms with Gasteiger partial charge in [-0.3, -0.25) is 9.59 Å². The molecular formula is C9H13NO2. The van der Waals surface area contributed by atoms with Crippen LogP contribution in [0.4, 0.5) is 0 Å². The molecule has 0 aromatic carbocycles. The third-order valence-electron chi connectivity index (χ3n) is 1.44. The van der Waals surface area contributed by atoms with Gasteiger partial charge in [-0.05, 0) is 13.0 Å². The van der Waals surface area contributed by atoms with E-state index in [4.69, 9.17) is 0 Å². The van der Waals surface area contributed by atoms with E-state index < -0.39 is 5.92 Å². The molecule has 1 unspecified atom stereocenters. The summed E-state index contributed by atoms with van der Waals surface area (Å²) >= 11 is 0. The van der Waals surface area contributed by atoms with Gasteiger partial charge in [-0.1, -0.05) is 12.7 Å². The van der Waals surface area contributed by atoms with E-state index in [1.54, 1.807) is 13.0 Å². The predicted molar refractivity (Wildman–Crippen MR) is 47.6 cm³/mol. The lowest BCUT2D eigenvalue weighted by Gasteiger charge is -2.06. The molecule has 1 amide bonds. The number of rotatable bonds is 5. The number of ketones is 1. The van der Waals surface area contributed by atoms with Gasteiger partial charge in [0.25, 0.3) is 0 Å². The number of hydrogen-bond donors (Lipinski definition) is 1. The second kappa shape index (κ2) is 5.29. The van der Waals surface area contributed by atoms with Crippen LogP contribution in [0.1, 0.15) is 6.92 Å². The molecule has 66 valence electrons. The molecule has 0 fully saturated rings. The van der Waals surface area contributed by atoms with Crippen LogP contribution in [0.25, 0.3) is 0 Å². The van der Waals surface area contributed by atoms with Gasteiger partial charge in [0, 0.05) is 6.54 Å². The molecule has 0 saturated carbocycles. The van der Waals surface area contributed by atoms with E-state index in [1.807, 2.05) is 0 Å². The minimum atomic E-state index is -0.651. The van der Waals surface area contributed by atoms with Crippen LogP contribution < -0.4 is 5.32 Å². The molecule has 0 spiro atoms. The highest BCUT2D eigenvalue weighted by molar-refractivity contribution is 6.06. The number of nitrogens with one attached hydrogen (secondary N) is 1. The summed E-state index contributed by atoms with van der Waals surface area (Å²) in [5.41, 5.74) is 0. The molecule has 1 N–H and O–H groups in total. The number of hydrogen-bond acceptors (Lipinski definition) is 2. The summed E-state index contributed by atoms with van der Waals surface area (Å²) in [6, 6.07) is 0. The number of allylic oxidation sites excluding steroid dienone is 1. The Balaban J connectivity index is 4.00. The molecule has 0 saturated heterocycles. The molecule has 0 radical (unpaired) electrons. The molecule has 0 aliphatic heterocycles. The van der Waals surface area contributed by atoms with Gasteiger partial charge >= 0.3 is 0 Å². The van der Waals surface area contributed by atoms with Crippen molar-refractivity contribution < 1.29 is 9.59 Å². The molecule has 3 nitrogen and oxygen atoms in total. The van der Waals surface area contributed by atoms with Crippen LogP contribution in [-0.4, -0.2) is 18.2 Å². The maximum Gasteiger partial charge on any atom is 0.230 e. The standard InChI is InChI=1S/C9H13NO2/c1-4-6-10-9(12)7(3)8(11)5-2/h4-5,7H,1-2,6H2,3H3,(H,10,12). The van der Waals surface area contributed by atoms with Crippen molar-refractivity contribution in [3.8, 4) is 0 Å². The molecule has 0 aromatic heterocycles. The first kappa shape index (κ1) is 10.6. The predicted octanol–water partition coefficient (Wildman–Crippen LogP) is 0.680. The lowest BCUT2D eigenvalue weighted by Crippen LogP contribution is -2.32. The highest BCUT2D eigenvalue weighted by atomic mass is 16.2. The molecule has 0 rings (SSSR count). The average molecular weight is 167 g/mol. The summed E-state index contributed by atoms with van der Waals surface area (Å²) in [6.45, 7) is 8.66. The molecule has 12 heavy (non-hydrogen) atoms. The molecule has 0 aliphatic rings. The highest BCUT2D eigenvalue weighted by Gasteiger charge is 2.17. The van der Waals surface area contributed by atoms with E-state index >= 15 is 0 Å². The van der Waals surface area contributed by atoms with E-state index in [0.29, 0.717) is 6.54 Å². The third-order valence-corrected chi connectivity index (χ3v) is 1.44. The Morgan fingerprint density at radius 1 is 1.50 bits per heavy atom. The van der Waals surface area contributed by atoms with Crippen LogP contribution in [0, 0.1) is 5.92 Å². The van der Waals surface area contributed by atoms with Gasteiger partial charge in [-0.15, -0.1) is 6.58 Å². The van der Waals surface area contributed by atoms with E-state index in [9.17, 15) is 9.59 Å². The van der Waals surface area contributed by atoms with Crippen LogP contribution in [0.5, 0.6) is 0 Å². The van der Waals surface area contributed by atoms with Gasteiger partial charge in [0.05, 0.1) is 5.92 Å². The van der Waals surface area contributed by atoms with Gasteiger partial charge in [0.15, 0.2) is 5.78 Å². The lowest BCUT2D eigenvalue weighted by atomic mass is 10.1. The number of amides is 1. The highest BCUT2D eigenvalue weighted by Crippen LogP contribution is 1.96. The second-order valence-electron chi connectivity index (χ2n) is 2.36. The van der Waals surface area contributed by atoms with Crippen LogP contribution in [0.15, 0.2) is 25.3 Å². The van der Waals surface area contributed by atoms with Gasteiger partial charge in [-0.25, -0.2) is 0 Å². The SMILES string of the molecule is C=CCNC(=O)C(C)C(=O)C=C. The van der Waals surface area contributed by atoms with Crippen LogP contribution in [-0.2, 0) is 9.59 Å². The molecule has 3 heteroatoms. The van der Waals surface area contributed by atoms with Gasteiger partial charge in [-0.2, -0.15) is 0 Å². The molecule has 0 bridgehead atoms. The minimum absolute atomic E-state index is 0.267.